The molecule has 0 unspecified atom stereocenters. The summed E-state index contributed by atoms with van der Waals surface area (Å²) in [4.78, 5) is 19.5. The summed E-state index contributed by atoms with van der Waals surface area (Å²) in [6, 6.07) is 14.0. The Bertz CT molecular complexity index is 1140. The number of nitrogens with one attached hydrogen (secondary N) is 1. The van der Waals surface area contributed by atoms with Crippen LogP contribution in [0.4, 0.5) is 14.9 Å². The van der Waals surface area contributed by atoms with Gasteiger partial charge >= 0.3 is 6.09 Å². The third-order valence-electron chi connectivity index (χ3n) is 6.35. The molecule has 1 amide bonds. The number of nitrogens with zero attached hydrogens (tertiary/aromatic N) is 3. The van der Waals surface area contributed by atoms with Gasteiger partial charge in [0.1, 0.15) is 11.9 Å². The maximum atomic E-state index is 13.5. The van der Waals surface area contributed by atoms with Crippen molar-refractivity contribution in [2.24, 2.45) is 0 Å². The largest absolute Gasteiger partial charge is 0.443 e. The van der Waals surface area contributed by atoms with Crippen LogP contribution in [0.25, 0.3) is 10.9 Å². The fourth-order valence-corrected chi connectivity index (χ4v) is 4.72. The first-order chi connectivity index (χ1) is 15.1. The molecule has 3 aromatic rings. The highest BCUT2D eigenvalue weighted by Gasteiger charge is 2.34. The number of hydrogen-bond donors (Lipinski definition) is 1. The van der Waals surface area contributed by atoms with E-state index >= 15 is 0 Å². The van der Waals surface area contributed by atoms with Crippen molar-refractivity contribution in [3.8, 4) is 6.07 Å². The second-order valence-electron chi connectivity index (χ2n) is 8.28. The maximum Gasteiger partial charge on any atom is 0.414 e. The summed E-state index contributed by atoms with van der Waals surface area (Å²) in [7, 11) is 0. The number of aromatic nitrogens is 1. The molecule has 5 rings (SSSR count). The summed E-state index contributed by atoms with van der Waals surface area (Å²) in [5.74, 6) is 0.216. The van der Waals surface area contributed by atoms with Crippen molar-refractivity contribution in [2.45, 2.75) is 24.9 Å². The molecule has 2 aromatic carbocycles. The third kappa shape index (κ3) is 3.87. The molecule has 2 aliphatic heterocycles. The molecule has 2 saturated heterocycles. The van der Waals surface area contributed by atoms with Crippen molar-refractivity contribution in [3.05, 3.63) is 65.6 Å². The van der Waals surface area contributed by atoms with Crippen LogP contribution in [0.1, 0.15) is 29.9 Å². The average Bonchev–Trinajstić information content (AvgIpc) is 3.37. The second kappa shape index (κ2) is 8.05. The van der Waals surface area contributed by atoms with E-state index in [1.165, 1.54) is 11.6 Å². The van der Waals surface area contributed by atoms with E-state index in [4.69, 9.17) is 10.00 Å². The highest BCUT2D eigenvalue weighted by atomic mass is 19.1. The Morgan fingerprint density at radius 2 is 1.94 bits per heavy atom. The summed E-state index contributed by atoms with van der Waals surface area (Å²) >= 11 is 0. The number of likely N-dealkylation sites (tertiary alicyclic amines) is 1. The number of aromatic amines is 1. The Balaban J connectivity index is 1.18. The quantitative estimate of drug-likeness (QED) is 0.682. The number of nitriles is 1. The zero-order valence-corrected chi connectivity index (χ0v) is 17.1. The highest BCUT2D eigenvalue weighted by Crippen LogP contribution is 2.34. The fourth-order valence-electron chi connectivity index (χ4n) is 4.72. The van der Waals surface area contributed by atoms with E-state index in [0.29, 0.717) is 24.6 Å². The summed E-state index contributed by atoms with van der Waals surface area (Å²) in [6.45, 7) is 3.09. The van der Waals surface area contributed by atoms with Crippen molar-refractivity contribution < 1.29 is 13.9 Å². The molecule has 0 spiro atoms. The molecular weight excluding hydrogens is 395 g/mol. The summed E-state index contributed by atoms with van der Waals surface area (Å²) in [6.07, 6.45) is 3.54. The Morgan fingerprint density at radius 3 is 2.68 bits per heavy atom. The van der Waals surface area contributed by atoms with Crippen molar-refractivity contribution >= 4 is 22.7 Å². The van der Waals surface area contributed by atoms with E-state index in [0.717, 1.165) is 42.5 Å². The minimum absolute atomic E-state index is 0.171. The molecule has 31 heavy (non-hydrogen) atoms. The maximum absolute atomic E-state index is 13.5. The van der Waals surface area contributed by atoms with Crippen LogP contribution >= 0.6 is 0 Å². The number of hydrogen-bond acceptors (Lipinski definition) is 4. The zero-order chi connectivity index (χ0) is 21.4. The van der Waals surface area contributed by atoms with Gasteiger partial charge in [0.05, 0.1) is 18.2 Å². The Morgan fingerprint density at radius 1 is 1.16 bits per heavy atom. The van der Waals surface area contributed by atoms with Gasteiger partial charge in [0.25, 0.3) is 0 Å². The molecule has 0 aliphatic carbocycles. The lowest BCUT2D eigenvalue weighted by atomic mass is 9.89. The lowest BCUT2D eigenvalue weighted by Gasteiger charge is -2.32. The Labute approximate surface area is 179 Å². The monoisotopic (exact) mass is 418 g/mol. The zero-order valence-electron chi connectivity index (χ0n) is 17.1. The van der Waals surface area contributed by atoms with Crippen LogP contribution in [0.5, 0.6) is 0 Å². The predicted octanol–water partition coefficient (Wildman–Crippen LogP) is 4.38. The number of H-pyrrole nitrogens is 1. The van der Waals surface area contributed by atoms with Gasteiger partial charge in [0.2, 0.25) is 0 Å². The fraction of sp³-hybridized carbons (Fsp3) is 0.333. The minimum Gasteiger partial charge on any atom is -0.443 e. The van der Waals surface area contributed by atoms with E-state index in [-0.39, 0.29) is 18.0 Å². The summed E-state index contributed by atoms with van der Waals surface area (Å²) in [5, 5.41) is 10.0. The molecule has 2 fully saturated rings. The first kappa shape index (κ1) is 19.6. The summed E-state index contributed by atoms with van der Waals surface area (Å²) < 4.78 is 19.0. The number of carbonyl (C=O) groups excluding carboxylic acids is 1. The number of cyclic esters (lactones) is 1. The van der Waals surface area contributed by atoms with Crippen molar-refractivity contribution in [1.29, 1.82) is 5.26 Å². The number of halogens is 1. The van der Waals surface area contributed by atoms with Gasteiger partial charge in [0, 0.05) is 29.3 Å². The van der Waals surface area contributed by atoms with Crippen LogP contribution in [0.15, 0.2) is 48.7 Å². The number of rotatable bonds is 4. The topological polar surface area (TPSA) is 72.4 Å². The van der Waals surface area contributed by atoms with Crippen LogP contribution in [0, 0.1) is 17.1 Å². The van der Waals surface area contributed by atoms with Gasteiger partial charge in [-0.1, -0.05) is 0 Å². The molecule has 7 heteroatoms. The molecule has 1 N–H and O–H groups in total. The molecule has 0 radical (unpaired) electrons. The normalized spacial score (nSPS) is 20.2. The van der Waals surface area contributed by atoms with Gasteiger partial charge in [-0.2, -0.15) is 5.26 Å². The van der Waals surface area contributed by atoms with Crippen LogP contribution in [-0.4, -0.2) is 48.3 Å². The number of fused-ring (bicyclic) bond motifs is 1. The second-order valence-corrected chi connectivity index (χ2v) is 8.28. The SMILES string of the molecule is N#Cc1ccc(N2C[C@H](CN3CCC(c4c[nH]c5cc(F)ccc45)CC3)OC2=O)cc1. The number of benzene rings is 2. The van der Waals surface area contributed by atoms with Crippen LogP contribution in [0.2, 0.25) is 0 Å². The molecule has 158 valence electrons. The lowest BCUT2D eigenvalue weighted by Crippen LogP contribution is -2.39. The van der Waals surface area contributed by atoms with Gasteiger partial charge in [-0.05, 0) is 79.9 Å². The Hall–Kier alpha value is -3.37. The molecule has 1 aromatic heterocycles. The molecule has 3 heterocycles. The molecular formula is C24H23FN4O2. The van der Waals surface area contributed by atoms with E-state index in [2.05, 4.69) is 16.0 Å². The first-order valence-corrected chi connectivity index (χ1v) is 10.6. The lowest BCUT2D eigenvalue weighted by molar-refractivity contribution is 0.0977. The summed E-state index contributed by atoms with van der Waals surface area (Å²) in [5.41, 5.74) is 3.42. The molecule has 0 saturated carbocycles. The number of anilines is 1. The van der Waals surface area contributed by atoms with Gasteiger partial charge in [0.15, 0.2) is 0 Å². The van der Waals surface area contributed by atoms with Crippen molar-refractivity contribution in [1.82, 2.24) is 9.88 Å². The van der Waals surface area contributed by atoms with Gasteiger partial charge in [-0.15, -0.1) is 0 Å². The van der Waals surface area contributed by atoms with Crippen LogP contribution in [-0.2, 0) is 4.74 Å². The van der Waals surface area contributed by atoms with Crippen molar-refractivity contribution in [2.75, 3.05) is 31.1 Å². The first-order valence-electron chi connectivity index (χ1n) is 10.6. The Kier molecular flexibility index (Phi) is 5.08. The van der Waals surface area contributed by atoms with E-state index in [1.807, 2.05) is 12.3 Å². The van der Waals surface area contributed by atoms with Crippen LogP contribution < -0.4 is 4.90 Å². The van der Waals surface area contributed by atoms with E-state index in [1.54, 1.807) is 35.2 Å². The molecule has 1 atom stereocenters. The number of ether oxygens (including phenoxy) is 1. The number of amides is 1. The number of piperidine rings is 1. The predicted molar refractivity (Wildman–Crippen MR) is 115 cm³/mol. The molecule has 6 nitrogen and oxygen atoms in total. The van der Waals surface area contributed by atoms with Gasteiger partial charge < -0.3 is 9.72 Å². The molecule has 0 bridgehead atoms. The van der Waals surface area contributed by atoms with Gasteiger partial charge in [-0.3, -0.25) is 9.80 Å². The standard InChI is InChI=1S/C24H23FN4O2/c25-18-3-6-21-22(13-27-23(21)11-18)17-7-9-28(10-8-17)14-20-15-29(24(30)31-20)19-4-1-16(12-26)2-5-19/h1-6,11,13,17,20,27H,7-10,14-15H2/t20-/m0/s1. The highest BCUT2D eigenvalue weighted by molar-refractivity contribution is 5.89. The van der Waals surface area contributed by atoms with Crippen LogP contribution in [0.3, 0.4) is 0 Å². The molecule has 2 aliphatic rings. The van der Waals surface area contributed by atoms with E-state index < -0.39 is 0 Å². The third-order valence-corrected chi connectivity index (χ3v) is 6.35. The average molecular weight is 418 g/mol. The van der Waals surface area contributed by atoms with Gasteiger partial charge in [-0.25, -0.2) is 9.18 Å². The van der Waals surface area contributed by atoms with Crippen molar-refractivity contribution in [3.63, 3.8) is 0 Å². The minimum atomic E-state index is -0.337. The number of carbonyl (C=O) groups is 1. The van der Waals surface area contributed by atoms with E-state index in [9.17, 15) is 9.18 Å². The smallest absolute Gasteiger partial charge is 0.414 e.